The van der Waals surface area contributed by atoms with Crippen LogP contribution in [0.3, 0.4) is 0 Å². The second-order valence-electron chi connectivity index (χ2n) is 14.9. The van der Waals surface area contributed by atoms with Gasteiger partial charge in [0.25, 0.3) is 0 Å². The van der Waals surface area contributed by atoms with Gasteiger partial charge >= 0.3 is 0 Å². The fourth-order valence-electron chi connectivity index (χ4n) is 8.68. The smallest absolute Gasteiger partial charge is 0.164 e. The summed E-state index contributed by atoms with van der Waals surface area (Å²) >= 11 is 0. The van der Waals surface area contributed by atoms with Crippen molar-refractivity contribution < 1.29 is 0 Å². The summed E-state index contributed by atoms with van der Waals surface area (Å²) in [5, 5.41) is 3.73. The van der Waals surface area contributed by atoms with E-state index in [2.05, 4.69) is 168 Å². The molecule has 10 aromatic rings. The summed E-state index contributed by atoms with van der Waals surface area (Å²) in [6.45, 7) is 2.34. The minimum absolute atomic E-state index is 0.421. The molecule has 0 aliphatic heterocycles. The molecular formula is C52H37N5. The first-order valence-electron chi connectivity index (χ1n) is 19.6. The lowest BCUT2D eigenvalue weighted by atomic mass is 9.93. The van der Waals surface area contributed by atoms with Crippen LogP contribution in [-0.4, -0.2) is 24.1 Å². The molecule has 0 spiro atoms. The van der Waals surface area contributed by atoms with Gasteiger partial charge in [-0.05, 0) is 60.0 Å². The largest absolute Gasteiger partial charge is 0.313 e. The van der Waals surface area contributed by atoms with Crippen LogP contribution in [0.5, 0.6) is 0 Å². The zero-order valence-electron chi connectivity index (χ0n) is 31.4. The minimum Gasteiger partial charge on any atom is -0.313 e. The third kappa shape index (κ3) is 5.58. The number of allylic oxidation sites excluding steroid dienone is 1. The predicted molar refractivity (Wildman–Crippen MR) is 235 cm³/mol. The number of hydrogen-bond acceptors (Lipinski definition) is 3. The lowest BCUT2D eigenvalue weighted by molar-refractivity contribution is 0.723. The van der Waals surface area contributed by atoms with Crippen molar-refractivity contribution in [3.63, 3.8) is 0 Å². The molecule has 1 atom stereocenters. The van der Waals surface area contributed by atoms with Gasteiger partial charge in [-0.3, -0.25) is 0 Å². The van der Waals surface area contributed by atoms with Crippen molar-refractivity contribution in [3.8, 4) is 56.7 Å². The first-order valence-corrected chi connectivity index (χ1v) is 19.6. The molecule has 3 heterocycles. The van der Waals surface area contributed by atoms with Gasteiger partial charge in [-0.1, -0.05) is 153 Å². The number of para-hydroxylation sites is 2. The van der Waals surface area contributed by atoms with E-state index in [4.69, 9.17) is 15.0 Å². The first kappa shape index (κ1) is 33.0. The average molecular weight is 732 g/mol. The van der Waals surface area contributed by atoms with E-state index >= 15 is 0 Å². The maximum Gasteiger partial charge on any atom is 0.164 e. The van der Waals surface area contributed by atoms with Crippen LogP contribution in [0.4, 0.5) is 0 Å². The van der Waals surface area contributed by atoms with E-state index in [0.717, 1.165) is 45.4 Å². The molecular weight excluding hydrogens is 695 g/mol. The van der Waals surface area contributed by atoms with Gasteiger partial charge < -0.3 is 9.13 Å². The molecule has 1 aliphatic carbocycles. The number of benzene rings is 7. The first-order chi connectivity index (χ1) is 28.2. The van der Waals surface area contributed by atoms with Crippen molar-refractivity contribution in [2.45, 2.75) is 19.3 Å². The summed E-state index contributed by atoms with van der Waals surface area (Å²) in [4.78, 5) is 15.2. The van der Waals surface area contributed by atoms with E-state index in [-0.39, 0.29) is 0 Å². The molecule has 1 unspecified atom stereocenters. The highest BCUT2D eigenvalue weighted by Gasteiger charge is 2.24. The summed E-state index contributed by atoms with van der Waals surface area (Å²) < 4.78 is 4.86. The Hall–Kier alpha value is -7.37. The Balaban J connectivity index is 1.05. The highest BCUT2D eigenvalue weighted by atomic mass is 15.0. The van der Waals surface area contributed by atoms with Crippen LogP contribution >= 0.6 is 0 Å². The topological polar surface area (TPSA) is 48.5 Å². The summed E-state index contributed by atoms with van der Waals surface area (Å²) in [6.07, 6.45) is 5.67. The van der Waals surface area contributed by atoms with Crippen LogP contribution in [0.15, 0.2) is 182 Å². The molecule has 0 bridgehead atoms. The second-order valence-corrected chi connectivity index (χ2v) is 14.9. The van der Waals surface area contributed by atoms with Gasteiger partial charge in [0, 0.05) is 61.4 Å². The predicted octanol–water partition coefficient (Wildman–Crippen LogP) is 13.1. The average Bonchev–Trinajstić information content (AvgIpc) is 3.80. The molecule has 1 aliphatic rings. The fraction of sp³-hybridized carbons (Fsp3) is 0.0577. The SMILES string of the molecule is CC1CC=Cc2c1n(-c1ccc3c(c1)c1ccccc1n3-c1cccc(-c3nc(-c4ccccc4)nc(-c4ccc(-c5ccccc5)cc4)n3)c1)c1ccccc21. The highest BCUT2D eigenvalue weighted by Crippen LogP contribution is 2.41. The molecule has 0 N–H and O–H groups in total. The summed E-state index contributed by atoms with van der Waals surface area (Å²) in [5.74, 6) is 2.33. The van der Waals surface area contributed by atoms with Crippen molar-refractivity contribution >= 4 is 38.8 Å². The van der Waals surface area contributed by atoms with Gasteiger partial charge in [0.2, 0.25) is 0 Å². The Labute approximate surface area is 330 Å². The number of hydrogen-bond donors (Lipinski definition) is 0. The van der Waals surface area contributed by atoms with Gasteiger partial charge in [0.15, 0.2) is 17.5 Å². The molecule has 57 heavy (non-hydrogen) atoms. The maximum absolute atomic E-state index is 5.12. The molecule has 0 saturated carbocycles. The van der Waals surface area contributed by atoms with Crippen molar-refractivity contribution in [1.29, 1.82) is 0 Å². The van der Waals surface area contributed by atoms with Gasteiger partial charge in [-0.25, -0.2) is 15.0 Å². The van der Waals surface area contributed by atoms with Crippen LogP contribution < -0.4 is 0 Å². The van der Waals surface area contributed by atoms with Crippen molar-refractivity contribution in [1.82, 2.24) is 24.1 Å². The lowest BCUT2D eigenvalue weighted by Gasteiger charge is -2.19. The van der Waals surface area contributed by atoms with Crippen molar-refractivity contribution in [2.24, 2.45) is 0 Å². The van der Waals surface area contributed by atoms with E-state index in [1.165, 1.54) is 44.2 Å². The van der Waals surface area contributed by atoms with Crippen LogP contribution in [0, 0.1) is 0 Å². The lowest BCUT2D eigenvalue weighted by Crippen LogP contribution is -2.07. The standard InChI is InChI=1S/C52H37N5/c1-34-14-12-23-44-42-21-8-11-25-47(42)57(49(34)44)41-30-31-48-45(33-41)43-22-9-10-24-46(43)56(48)40-20-13-19-39(32-40)52-54-50(37-17-6-3-7-18-37)53-51(55-52)38-28-26-36(27-29-38)35-15-4-2-5-16-35/h2-13,15-34H,14H2,1H3. The number of nitrogens with zero attached hydrogens (tertiary/aromatic N) is 5. The van der Waals surface area contributed by atoms with Crippen LogP contribution in [0.25, 0.3) is 95.5 Å². The summed E-state index contributed by atoms with van der Waals surface area (Å²) in [6, 6.07) is 62.1. The zero-order chi connectivity index (χ0) is 37.9. The third-order valence-corrected chi connectivity index (χ3v) is 11.4. The monoisotopic (exact) mass is 731 g/mol. The number of aromatic nitrogens is 5. The Kier molecular flexibility index (Phi) is 7.78. The van der Waals surface area contributed by atoms with Crippen molar-refractivity contribution in [3.05, 3.63) is 193 Å². The van der Waals surface area contributed by atoms with E-state index < -0.39 is 0 Å². The van der Waals surface area contributed by atoms with Gasteiger partial charge in [-0.2, -0.15) is 0 Å². The molecule has 0 saturated heterocycles. The molecule has 0 amide bonds. The summed E-state index contributed by atoms with van der Waals surface area (Å²) in [7, 11) is 0. The Morgan fingerprint density at radius 3 is 1.68 bits per heavy atom. The maximum atomic E-state index is 5.12. The number of rotatable bonds is 6. The number of fused-ring (bicyclic) bond motifs is 6. The van der Waals surface area contributed by atoms with Gasteiger partial charge in [-0.15, -0.1) is 0 Å². The van der Waals surface area contributed by atoms with E-state index in [0.29, 0.717) is 23.4 Å². The molecule has 5 heteroatoms. The Morgan fingerprint density at radius 2 is 0.947 bits per heavy atom. The molecule has 0 fully saturated rings. The molecule has 7 aromatic carbocycles. The second kappa shape index (κ2) is 13.4. The fourth-order valence-corrected chi connectivity index (χ4v) is 8.68. The zero-order valence-corrected chi connectivity index (χ0v) is 31.4. The minimum atomic E-state index is 0.421. The quantitative estimate of drug-likeness (QED) is 0.171. The van der Waals surface area contributed by atoms with E-state index in [9.17, 15) is 0 Å². The van der Waals surface area contributed by atoms with Gasteiger partial charge in [0.05, 0.1) is 16.6 Å². The third-order valence-electron chi connectivity index (χ3n) is 11.4. The Bertz CT molecular complexity index is 3150. The molecule has 0 radical (unpaired) electrons. The molecule has 270 valence electrons. The molecule has 3 aromatic heterocycles. The van der Waals surface area contributed by atoms with Crippen LogP contribution in [-0.2, 0) is 0 Å². The summed E-state index contributed by atoms with van der Waals surface area (Å²) in [5.41, 5.74) is 13.6. The highest BCUT2D eigenvalue weighted by molar-refractivity contribution is 6.10. The molecule has 5 nitrogen and oxygen atoms in total. The molecule has 11 rings (SSSR count). The van der Waals surface area contributed by atoms with E-state index in [1.807, 2.05) is 36.4 Å². The Morgan fingerprint density at radius 1 is 0.421 bits per heavy atom. The van der Waals surface area contributed by atoms with Crippen LogP contribution in [0.2, 0.25) is 0 Å². The van der Waals surface area contributed by atoms with Crippen molar-refractivity contribution in [2.75, 3.05) is 0 Å². The van der Waals surface area contributed by atoms with E-state index in [1.54, 1.807) is 0 Å². The van der Waals surface area contributed by atoms with Crippen LogP contribution in [0.1, 0.15) is 30.5 Å². The van der Waals surface area contributed by atoms with Gasteiger partial charge in [0.1, 0.15) is 0 Å². The normalized spacial score (nSPS) is 13.7.